The molecule has 0 unspecified atom stereocenters. The summed E-state index contributed by atoms with van der Waals surface area (Å²) in [5.74, 6) is 0.618. The van der Waals surface area contributed by atoms with Crippen LogP contribution >= 0.6 is 0 Å². The summed E-state index contributed by atoms with van der Waals surface area (Å²) in [5.41, 5.74) is 2.67. The van der Waals surface area contributed by atoms with Gasteiger partial charge in [-0.2, -0.15) is 4.31 Å². The Hall–Kier alpha value is -1.44. The van der Waals surface area contributed by atoms with E-state index in [2.05, 4.69) is 19.2 Å². The molecular formula is C20H34N3O3S+. The summed E-state index contributed by atoms with van der Waals surface area (Å²) in [6.45, 7) is 13.3. The van der Waals surface area contributed by atoms with Crippen LogP contribution in [0.4, 0.5) is 0 Å². The lowest BCUT2D eigenvalue weighted by atomic mass is 10.1. The third-order valence-electron chi connectivity index (χ3n) is 5.09. The number of quaternary nitrogens is 1. The van der Waals surface area contributed by atoms with Crippen molar-refractivity contribution in [1.29, 1.82) is 0 Å². The van der Waals surface area contributed by atoms with E-state index in [1.165, 1.54) is 0 Å². The number of piperazine rings is 1. The molecule has 0 aromatic heterocycles. The van der Waals surface area contributed by atoms with Crippen LogP contribution in [0.3, 0.4) is 0 Å². The van der Waals surface area contributed by atoms with Crippen LogP contribution in [0, 0.1) is 26.7 Å². The number of nitrogens with zero attached hydrogens (tertiary/aromatic N) is 1. The molecule has 152 valence electrons. The number of rotatable bonds is 7. The summed E-state index contributed by atoms with van der Waals surface area (Å²) in [7, 11) is -3.50. The Balaban J connectivity index is 1.94. The number of sulfonamides is 1. The minimum Gasteiger partial charge on any atom is -0.351 e. The van der Waals surface area contributed by atoms with Crippen molar-refractivity contribution in [3.8, 4) is 0 Å². The summed E-state index contributed by atoms with van der Waals surface area (Å²) >= 11 is 0. The molecule has 1 aromatic carbocycles. The molecule has 6 nitrogen and oxygen atoms in total. The van der Waals surface area contributed by atoms with Gasteiger partial charge in [0.15, 0.2) is 6.54 Å². The minimum absolute atomic E-state index is 0.0483. The van der Waals surface area contributed by atoms with Gasteiger partial charge >= 0.3 is 0 Å². The van der Waals surface area contributed by atoms with E-state index in [-0.39, 0.29) is 5.91 Å². The van der Waals surface area contributed by atoms with E-state index in [9.17, 15) is 13.2 Å². The maximum Gasteiger partial charge on any atom is 0.275 e. The standard InChI is InChI=1S/C20H33N3O3S/c1-15(2)6-7-21-19(24)14-22-8-10-23(11-9-22)27(25,26)20-17(4)12-16(3)13-18(20)5/h12-13,15H,6-11,14H2,1-5H3,(H,21,24)/p+1. The highest BCUT2D eigenvalue weighted by Gasteiger charge is 2.33. The zero-order chi connectivity index (χ0) is 20.2. The molecule has 0 bridgehead atoms. The van der Waals surface area contributed by atoms with Gasteiger partial charge in [0, 0.05) is 6.54 Å². The Kier molecular flexibility index (Phi) is 7.42. The molecule has 1 fully saturated rings. The zero-order valence-corrected chi connectivity index (χ0v) is 18.1. The quantitative estimate of drug-likeness (QED) is 0.711. The Morgan fingerprint density at radius 2 is 1.70 bits per heavy atom. The smallest absolute Gasteiger partial charge is 0.275 e. The van der Waals surface area contributed by atoms with Crippen molar-refractivity contribution >= 4 is 15.9 Å². The van der Waals surface area contributed by atoms with E-state index in [1.807, 2.05) is 32.9 Å². The van der Waals surface area contributed by atoms with E-state index >= 15 is 0 Å². The fraction of sp³-hybridized carbons (Fsp3) is 0.650. The molecule has 0 spiro atoms. The van der Waals surface area contributed by atoms with Crippen LogP contribution in [0.15, 0.2) is 17.0 Å². The van der Waals surface area contributed by atoms with E-state index in [4.69, 9.17) is 0 Å². The van der Waals surface area contributed by atoms with Crippen LogP contribution in [-0.4, -0.2) is 57.9 Å². The molecule has 27 heavy (non-hydrogen) atoms. The first kappa shape index (κ1) is 21.9. The second-order valence-corrected chi connectivity index (χ2v) is 9.97. The van der Waals surface area contributed by atoms with E-state index in [0.29, 0.717) is 50.1 Å². The predicted molar refractivity (Wildman–Crippen MR) is 107 cm³/mol. The van der Waals surface area contributed by atoms with Crippen LogP contribution in [-0.2, 0) is 14.8 Å². The third-order valence-corrected chi connectivity index (χ3v) is 7.29. The van der Waals surface area contributed by atoms with Crippen molar-refractivity contribution in [3.63, 3.8) is 0 Å². The number of amides is 1. The molecule has 2 N–H and O–H groups in total. The maximum atomic E-state index is 13.1. The number of carbonyl (C=O) groups excluding carboxylic acids is 1. The molecular weight excluding hydrogens is 362 g/mol. The van der Waals surface area contributed by atoms with Crippen molar-refractivity contribution in [3.05, 3.63) is 28.8 Å². The molecule has 2 rings (SSSR count). The molecule has 0 atom stereocenters. The number of benzene rings is 1. The Labute approximate surface area is 164 Å². The van der Waals surface area contributed by atoms with Gasteiger partial charge in [-0.1, -0.05) is 31.5 Å². The average Bonchev–Trinajstić information content (AvgIpc) is 2.53. The molecule has 1 heterocycles. The van der Waals surface area contributed by atoms with Gasteiger partial charge in [-0.3, -0.25) is 4.79 Å². The normalized spacial score (nSPS) is 16.7. The van der Waals surface area contributed by atoms with E-state index in [0.717, 1.165) is 28.0 Å². The Bertz CT molecular complexity index is 744. The molecule has 1 aliphatic rings. The number of aryl methyl sites for hydroxylation is 3. The van der Waals surface area contributed by atoms with Gasteiger partial charge in [-0.15, -0.1) is 0 Å². The first-order valence-corrected chi connectivity index (χ1v) is 11.2. The largest absolute Gasteiger partial charge is 0.351 e. The second kappa shape index (κ2) is 9.17. The lowest BCUT2D eigenvalue weighted by Gasteiger charge is -2.32. The SMILES string of the molecule is Cc1cc(C)c(S(=O)(=O)N2CC[NH+](CC(=O)NCCC(C)C)CC2)c(C)c1. The molecule has 1 aromatic rings. The van der Waals surface area contributed by atoms with Crippen LogP contribution in [0.1, 0.15) is 37.0 Å². The van der Waals surface area contributed by atoms with Crippen molar-refractivity contribution in [2.45, 2.75) is 45.9 Å². The van der Waals surface area contributed by atoms with Crippen LogP contribution < -0.4 is 10.2 Å². The molecule has 1 amide bonds. The predicted octanol–water partition coefficient (Wildman–Crippen LogP) is 0.663. The molecule has 0 radical (unpaired) electrons. The number of carbonyl (C=O) groups is 1. The molecule has 7 heteroatoms. The summed E-state index contributed by atoms with van der Waals surface area (Å²) < 4.78 is 27.8. The summed E-state index contributed by atoms with van der Waals surface area (Å²) in [6, 6.07) is 3.84. The van der Waals surface area contributed by atoms with Gasteiger partial charge in [-0.25, -0.2) is 8.42 Å². The summed E-state index contributed by atoms with van der Waals surface area (Å²) in [4.78, 5) is 13.6. The topological polar surface area (TPSA) is 70.9 Å². The Morgan fingerprint density at radius 3 is 2.22 bits per heavy atom. The van der Waals surface area contributed by atoms with Crippen molar-refractivity contribution in [2.24, 2.45) is 5.92 Å². The van der Waals surface area contributed by atoms with Gasteiger partial charge < -0.3 is 10.2 Å². The summed E-state index contributed by atoms with van der Waals surface area (Å²) in [6.07, 6.45) is 0.975. The van der Waals surface area contributed by atoms with Gasteiger partial charge in [0.2, 0.25) is 10.0 Å². The minimum atomic E-state index is -3.50. The molecule has 0 saturated carbocycles. The second-order valence-electron chi connectivity index (χ2n) is 8.09. The first-order valence-electron chi connectivity index (χ1n) is 9.79. The zero-order valence-electron chi connectivity index (χ0n) is 17.3. The van der Waals surface area contributed by atoms with Crippen LogP contribution in [0.25, 0.3) is 0 Å². The number of hydrogen-bond acceptors (Lipinski definition) is 3. The number of hydrogen-bond donors (Lipinski definition) is 2. The van der Waals surface area contributed by atoms with Crippen molar-refractivity contribution in [2.75, 3.05) is 39.3 Å². The molecule has 1 saturated heterocycles. The highest BCUT2D eigenvalue weighted by Crippen LogP contribution is 2.25. The fourth-order valence-corrected chi connectivity index (χ4v) is 5.57. The van der Waals surface area contributed by atoms with Crippen LogP contribution in [0.2, 0.25) is 0 Å². The lowest BCUT2D eigenvalue weighted by molar-refractivity contribution is -0.895. The highest BCUT2D eigenvalue weighted by atomic mass is 32.2. The van der Waals surface area contributed by atoms with Crippen molar-refractivity contribution < 1.29 is 18.1 Å². The average molecular weight is 397 g/mol. The van der Waals surface area contributed by atoms with Crippen LogP contribution in [0.5, 0.6) is 0 Å². The third kappa shape index (κ3) is 5.77. The highest BCUT2D eigenvalue weighted by molar-refractivity contribution is 7.89. The number of nitrogens with one attached hydrogen (secondary N) is 2. The fourth-order valence-electron chi connectivity index (χ4n) is 3.71. The van der Waals surface area contributed by atoms with Gasteiger partial charge in [0.1, 0.15) is 0 Å². The Morgan fingerprint density at radius 1 is 1.15 bits per heavy atom. The molecule has 0 aliphatic carbocycles. The molecule has 1 aliphatic heterocycles. The lowest BCUT2D eigenvalue weighted by Crippen LogP contribution is -3.15. The van der Waals surface area contributed by atoms with E-state index in [1.54, 1.807) is 4.31 Å². The summed E-state index contributed by atoms with van der Waals surface area (Å²) in [5, 5.41) is 2.96. The maximum absolute atomic E-state index is 13.1. The van der Waals surface area contributed by atoms with Gasteiger partial charge in [-0.05, 0) is 44.2 Å². The van der Waals surface area contributed by atoms with Gasteiger partial charge in [0.25, 0.3) is 5.91 Å². The van der Waals surface area contributed by atoms with Gasteiger partial charge in [0.05, 0.1) is 31.1 Å². The first-order chi connectivity index (χ1) is 12.6. The monoisotopic (exact) mass is 396 g/mol. The van der Waals surface area contributed by atoms with Crippen molar-refractivity contribution in [1.82, 2.24) is 9.62 Å². The van der Waals surface area contributed by atoms with E-state index < -0.39 is 10.0 Å².